The van der Waals surface area contributed by atoms with Crippen LogP contribution in [0.15, 0.2) is 66.7 Å². The molecule has 0 aromatic heterocycles. The summed E-state index contributed by atoms with van der Waals surface area (Å²) in [4.78, 5) is 22.8. The number of halogens is 3. The SMILES string of the molecule is CC(=O)SCc1cc(CSC(C)=O)cc(-c2ccc(-c3ccc(OC(F)(F)F)cc3)cc2)c1. The predicted octanol–water partition coefficient (Wildman–Crippen LogP) is 7.48. The first-order valence-electron chi connectivity index (χ1n) is 9.95. The van der Waals surface area contributed by atoms with Crippen molar-refractivity contribution >= 4 is 33.8 Å². The molecule has 3 nitrogen and oxygen atoms in total. The van der Waals surface area contributed by atoms with Gasteiger partial charge in [0, 0.05) is 25.4 Å². The van der Waals surface area contributed by atoms with Crippen LogP contribution in [0.4, 0.5) is 13.2 Å². The monoisotopic (exact) mass is 490 g/mol. The Balaban J connectivity index is 1.83. The van der Waals surface area contributed by atoms with Crippen LogP contribution in [-0.2, 0) is 21.1 Å². The summed E-state index contributed by atoms with van der Waals surface area (Å²) < 4.78 is 40.9. The van der Waals surface area contributed by atoms with Gasteiger partial charge in [0.1, 0.15) is 5.75 Å². The van der Waals surface area contributed by atoms with Gasteiger partial charge in [-0.1, -0.05) is 78.1 Å². The van der Waals surface area contributed by atoms with Crippen LogP contribution in [0.5, 0.6) is 5.75 Å². The molecular formula is C25H21F3O3S2. The lowest BCUT2D eigenvalue weighted by molar-refractivity contribution is -0.274. The van der Waals surface area contributed by atoms with E-state index in [0.717, 1.165) is 33.4 Å². The summed E-state index contributed by atoms with van der Waals surface area (Å²) >= 11 is 2.46. The molecule has 3 aromatic rings. The van der Waals surface area contributed by atoms with Crippen LogP contribution in [0.1, 0.15) is 25.0 Å². The van der Waals surface area contributed by atoms with Crippen molar-refractivity contribution < 1.29 is 27.5 Å². The number of hydrogen-bond donors (Lipinski definition) is 0. The van der Waals surface area contributed by atoms with E-state index in [-0.39, 0.29) is 16.0 Å². The second-order valence-electron chi connectivity index (χ2n) is 7.25. The maximum absolute atomic E-state index is 12.3. The molecule has 0 spiro atoms. The van der Waals surface area contributed by atoms with E-state index in [2.05, 4.69) is 4.74 Å². The third kappa shape index (κ3) is 7.98. The van der Waals surface area contributed by atoms with Crippen molar-refractivity contribution in [3.63, 3.8) is 0 Å². The molecule has 0 saturated heterocycles. The first kappa shape index (κ1) is 24.9. The van der Waals surface area contributed by atoms with Gasteiger partial charge in [0.15, 0.2) is 10.2 Å². The van der Waals surface area contributed by atoms with Gasteiger partial charge in [-0.25, -0.2) is 0 Å². The number of carbonyl (C=O) groups excluding carboxylic acids is 2. The largest absolute Gasteiger partial charge is 0.573 e. The maximum atomic E-state index is 12.3. The van der Waals surface area contributed by atoms with Crippen LogP contribution >= 0.6 is 23.5 Å². The molecule has 0 N–H and O–H groups in total. The fourth-order valence-corrected chi connectivity index (χ4v) is 4.24. The van der Waals surface area contributed by atoms with Gasteiger partial charge < -0.3 is 4.74 Å². The summed E-state index contributed by atoms with van der Waals surface area (Å²) in [6.07, 6.45) is -4.72. The van der Waals surface area contributed by atoms with Crippen molar-refractivity contribution in [1.82, 2.24) is 0 Å². The van der Waals surface area contributed by atoms with Crippen LogP contribution in [0.2, 0.25) is 0 Å². The molecule has 0 aliphatic heterocycles. The molecule has 0 heterocycles. The van der Waals surface area contributed by atoms with Gasteiger partial charge in [-0.2, -0.15) is 0 Å². The Bertz CT molecular complexity index is 1090. The zero-order valence-electron chi connectivity index (χ0n) is 17.9. The first-order chi connectivity index (χ1) is 15.6. The van der Waals surface area contributed by atoms with E-state index in [1.54, 1.807) is 12.1 Å². The highest BCUT2D eigenvalue weighted by Crippen LogP contribution is 2.30. The second-order valence-corrected chi connectivity index (χ2v) is 9.55. The third-order valence-corrected chi connectivity index (χ3v) is 6.34. The normalized spacial score (nSPS) is 11.3. The first-order valence-corrected chi connectivity index (χ1v) is 11.9. The third-order valence-electron chi connectivity index (χ3n) is 4.58. The Morgan fingerprint density at radius 1 is 0.697 bits per heavy atom. The lowest BCUT2D eigenvalue weighted by Crippen LogP contribution is -2.16. The Kier molecular flexibility index (Phi) is 8.26. The average Bonchev–Trinajstić information content (AvgIpc) is 2.76. The number of carbonyl (C=O) groups is 2. The summed E-state index contributed by atoms with van der Waals surface area (Å²) in [6.45, 7) is 3.06. The molecule has 0 fully saturated rings. The summed E-state index contributed by atoms with van der Waals surface area (Å²) in [5.74, 6) is 0.829. The summed E-state index contributed by atoms with van der Waals surface area (Å²) in [6, 6.07) is 19.5. The van der Waals surface area contributed by atoms with Crippen LogP contribution in [-0.4, -0.2) is 16.6 Å². The molecule has 0 aliphatic carbocycles. The maximum Gasteiger partial charge on any atom is 0.573 e. The van der Waals surface area contributed by atoms with E-state index in [0.29, 0.717) is 11.5 Å². The Morgan fingerprint density at radius 2 is 1.09 bits per heavy atom. The molecule has 0 atom stereocenters. The minimum Gasteiger partial charge on any atom is -0.406 e. The minimum atomic E-state index is -4.72. The molecule has 3 aromatic carbocycles. The van der Waals surface area contributed by atoms with Crippen LogP contribution < -0.4 is 4.74 Å². The average molecular weight is 491 g/mol. The molecule has 0 saturated carbocycles. The van der Waals surface area contributed by atoms with E-state index in [4.69, 9.17) is 0 Å². The van der Waals surface area contributed by atoms with E-state index < -0.39 is 6.36 Å². The summed E-state index contributed by atoms with van der Waals surface area (Å²) in [7, 11) is 0. The highest BCUT2D eigenvalue weighted by Gasteiger charge is 2.30. The molecule has 33 heavy (non-hydrogen) atoms. The van der Waals surface area contributed by atoms with Crippen molar-refractivity contribution in [1.29, 1.82) is 0 Å². The smallest absolute Gasteiger partial charge is 0.406 e. The number of benzene rings is 3. The highest BCUT2D eigenvalue weighted by molar-refractivity contribution is 8.13. The van der Waals surface area contributed by atoms with Crippen molar-refractivity contribution in [2.45, 2.75) is 31.7 Å². The van der Waals surface area contributed by atoms with Crippen LogP contribution in [0, 0.1) is 0 Å². The lowest BCUT2D eigenvalue weighted by atomic mass is 9.98. The Morgan fingerprint density at radius 3 is 1.48 bits per heavy atom. The van der Waals surface area contributed by atoms with E-state index in [9.17, 15) is 22.8 Å². The second kappa shape index (κ2) is 10.9. The molecule has 0 unspecified atom stereocenters. The van der Waals surface area contributed by atoms with Crippen LogP contribution in [0.3, 0.4) is 0 Å². The van der Waals surface area contributed by atoms with Gasteiger partial charge in [0.25, 0.3) is 0 Å². The van der Waals surface area contributed by atoms with Gasteiger partial charge in [0.2, 0.25) is 0 Å². The van der Waals surface area contributed by atoms with Crippen LogP contribution in [0.25, 0.3) is 22.3 Å². The van der Waals surface area contributed by atoms with Crippen molar-refractivity contribution in [3.8, 4) is 28.0 Å². The lowest BCUT2D eigenvalue weighted by Gasteiger charge is -2.11. The summed E-state index contributed by atoms with van der Waals surface area (Å²) in [5.41, 5.74) is 5.54. The molecule has 172 valence electrons. The summed E-state index contributed by atoms with van der Waals surface area (Å²) in [5, 5.41) is 0.0761. The van der Waals surface area contributed by atoms with Gasteiger partial charge in [-0.15, -0.1) is 13.2 Å². The minimum absolute atomic E-state index is 0.0380. The zero-order chi connectivity index (χ0) is 24.0. The molecule has 3 rings (SSSR count). The van der Waals surface area contributed by atoms with Crippen molar-refractivity contribution in [3.05, 3.63) is 77.9 Å². The predicted molar refractivity (Wildman–Crippen MR) is 128 cm³/mol. The number of rotatable bonds is 7. The van der Waals surface area contributed by atoms with Crippen molar-refractivity contribution in [2.75, 3.05) is 0 Å². The van der Waals surface area contributed by atoms with Crippen molar-refractivity contribution in [2.24, 2.45) is 0 Å². The number of thioether (sulfide) groups is 2. The molecule has 0 amide bonds. The van der Waals surface area contributed by atoms with E-state index >= 15 is 0 Å². The van der Waals surface area contributed by atoms with Gasteiger partial charge in [0.05, 0.1) is 0 Å². The van der Waals surface area contributed by atoms with Gasteiger partial charge >= 0.3 is 6.36 Å². The van der Waals surface area contributed by atoms with E-state index in [1.807, 2.05) is 42.5 Å². The Hall–Kier alpha value is -2.71. The molecule has 8 heteroatoms. The molecule has 0 radical (unpaired) electrons. The van der Waals surface area contributed by atoms with Gasteiger partial charge in [-0.05, 0) is 45.5 Å². The standard InChI is InChI=1S/C25H21F3O3S2/c1-16(29)32-14-18-11-19(15-33-17(2)30)13-23(12-18)22-5-3-20(4-6-22)21-7-9-24(10-8-21)31-25(26,27)28/h3-13H,14-15H2,1-2H3. The Labute approximate surface area is 198 Å². The van der Waals surface area contributed by atoms with Gasteiger partial charge in [-0.3, -0.25) is 9.59 Å². The quantitative estimate of drug-likeness (QED) is 0.344. The number of hydrogen-bond acceptors (Lipinski definition) is 5. The molecule has 0 aliphatic rings. The number of alkyl halides is 3. The fraction of sp³-hybridized carbons (Fsp3) is 0.200. The van der Waals surface area contributed by atoms with E-state index in [1.165, 1.54) is 49.5 Å². The molecular weight excluding hydrogens is 469 g/mol. The number of ether oxygens (including phenoxy) is 1. The fourth-order valence-electron chi connectivity index (χ4n) is 3.17. The molecule has 0 bridgehead atoms. The topological polar surface area (TPSA) is 43.4 Å². The highest BCUT2D eigenvalue weighted by atomic mass is 32.2. The zero-order valence-corrected chi connectivity index (χ0v) is 19.6.